The molecule has 0 unspecified atom stereocenters. The van der Waals surface area contributed by atoms with E-state index in [0.717, 1.165) is 5.98 Å². The summed E-state index contributed by atoms with van der Waals surface area (Å²) in [7, 11) is -1.78. The summed E-state index contributed by atoms with van der Waals surface area (Å²) in [6.07, 6.45) is 1.45. The maximum Gasteiger partial charge on any atom is 1.00 e. The third-order valence-electron chi connectivity index (χ3n) is 0.350. The number of allylic oxidation sites excluding steroid dienone is 1. The molecule has 0 saturated carbocycles. The monoisotopic (exact) mass is 130 g/mol. The van der Waals surface area contributed by atoms with Gasteiger partial charge >= 0.3 is 59.1 Å². The summed E-state index contributed by atoms with van der Waals surface area (Å²) in [6, 6.07) is 0. The van der Waals surface area contributed by atoms with E-state index >= 15 is 0 Å². The second-order valence-corrected chi connectivity index (χ2v) is 0.894. The second kappa shape index (κ2) is 11.5. The van der Waals surface area contributed by atoms with Crippen molar-refractivity contribution in [1.29, 1.82) is 0 Å². The van der Waals surface area contributed by atoms with Gasteiger partial charge in [-0.1, -0.05) is 7.12 Å². The van der Waals surface area contributed by atoms with Gasteiger partial charge in [-0.05, 0) is 6.92 Å². The van der Waals surface area contributed by atoms with Gasteiger partial charge in [0.05, 0.1) is 0 Å². The minimum atomic E-state index is -1.78. The predicted molar refractivity (Wildman–Crippen MR) is 20.6 cm³/mol. The molecule has 0 aliphatic carbocycles. The summed E-state index contributed by atoms with van der Waals surface area (Å²) in [6.45, 7) is 1.64. The van der Waals surface area contributed by atoms with Crippen LogP contribution in [0.4, 0.5) is 0 Å². The molecule has 0 fully saturated rings. The SMILES string of the molecule is CC=CB([O-])[O-].[Na+].[Na+]. The van der Waals surface area contributed by atoms with E-state index in [2.05, 4.69) is 0 Å². The zero-order chi connectivity index (χ0) is 4.99. The van der Waals surface area contributed by atoms with Crippen LogP contribution >= 0.6 is 0 Å². The molecule has 0 atom stereocenters. The van der Waals surface area contributed by atoms with Gasteiger partial charge in [-0.15, -0.1) is 6.08 Å². The van der Waals surface area contributed by atoms with E-state index in [1.807, 2.05) is 0 Å². The maximum atomic E-state index is 9.48. The fourth-order valence-corrected chi connectivity index (χ4v) is 0.157. The smallest absolute Gasteiger partial charge is 0.890 e. The van der Waals surface area contributed by atoms with Gasteiger partial charge in [0.2, 0.25) is 0 Å². The van der Waals surface area contributed by atoms with Crippen LogP contribution in [-0.2, 0) is 0 Å². The molecule has 0 aromatic rings. The van der Waals surface area contributed by atoms with Crippen molar-refractivity contribution in [2.24, 2.45) is 0 Å². The van der Waals surface area contributed by atoms with Gasteiger partial charge in [0.1, 0.15) is 0 Å². The van der Waals surface area contributed by atoms with Crippen molar-refractivity contribution in [3.8, 4) is 0 Å². The maximum absolute atomic E-state index is 9.48. The van der Waals surface area contributed by atoms with E-state index in [9.17, 15) is 10.0 Å². The predicted octanol–water partition coefficient (Wildman–Crippen LogP) is -7.68. The molecule has 0 aliphatic rings. The van der Waals surface area contributed by atoms with Crippen molar-refractivity contribution in [1.82, 2.24) is 0 Å². The fraction of sp³-hybridized carbons (Fsp3) is 0.333. The van der Waals surface area contributed by atoms with E-state index in [1.165, 1.54) is 6.08 Å². The van der Waals surface area contributed by atoms with Crippen LogP contribution in [0.15, 0.2) is 12.1 Å². The normalized spacial score (nSPS) is 7.38. The second-order valence-electron chi connectivity index (χ2n) is 0.894. The molecule has 0 bridgehead atoms. The Hall–Kier alpha value is 1.72. The summed E-state index contributed by atoms with van der Waals surface area (Å²) in [5.41, 5.74) is 0. The molecule has 0 radical (unpaired) electrons. The Kier molecular flexibility index (Phi) is 23.6. The molecule has 0 N–H and O–H groups in total. The van der Waals surface area contributed by atoms with Crippen LogP contribution < -0.4 is 69.2 Å². The van der Waals surface area contributed by atoms with E-state index < -0.39 is 7.12 Å². The standard InChI is InChI=1S/C3H5BO2.2Na/c1-2-3-4(5)6;;/h2-3H,1H3;;/q-2;2*+1. The Labute approximate surface area is 94.1 Å². The molecular formula is C3H5BNa2O2. The molecule has 0 aromatic heterocycles. The average molecular weight is 130 g/mol. The largest absolute Gasteiger partial charge is 1.00 e. The Morgan fingerprint density at radius 2 is 1.62 bits per heavy atom. The average Bonchev–Trinajstić information content (AvgIpc) is 1.35. The van der Waals surface area contributed by atoms with Gasteiger partial charge in [0.15, 0.2) is 0 Å². The quantitative estimate of drug-likeness (QED) is 0.331. The van der Waals surface area contributed by atoms with Crippen molar-refractivity contribution in [2.75, 3.05) is 0 Å². The molecule has 0 aliphatic heterocycles. The zero-order valence-electron chi connectivity index (χ0n) is 5.55. The van der Waals surface area contributed by atoms with Crippen LogP contribution in [0.5, 0.6) is 0 Å². The molecule has 0 saturated heterocycles. The van der Waals surface area contributed by atoms with Crippen molar-refractivity contribution in [3.63, 3.8) is 0 Å². The molecule has 34 valence electrons. The van der Waals surface area contributed by atoms with Crippen molar-refractivity contribution in [2.45, 2.75) is 6.92 Å². The van der Waals surface area contributed by atoms with Crippen LogP contribution in [0.2, 0.25) is 0 Å². The summed E-state index contributed by atoms with van der Waals surface area (Å²) < 4.78 is 0. The van der Waals surface area contributed by atoms with Gasteiger partial charge in [-0.2, -0.15) is 5.98 Å². The molecular weight excluding hydrogens is 125 g/mol. The fourth-order valence-electron chi connectivity index (χ4n) is 0.157. The van der Waals surface area contributed by atoms with Gasteiger partial charge in [-0.3, -0.25) is 0 Å². The van der Waals surface area contributed by atoms with Gasteiger partial charge < -0.3 is 10.0 Å². The number of hydrogen-bond donors (Lipinski definition) is 0. The van der Waals surface area contributed by atoms with E-state index in [1.54, 1.807) is 6.92 Å². The van der Waals surface area contributed by atoms with Gasteiger partial charge in [-0.25, -0.2) is 0 Å². The molecule has 0 heterocycles. The third-order valence-corrected chi connectivity index (χ3v) is 0.350. The Bertz CT molecular complexity index is 57.2. The van der Waals surface area contributed by atoms with Crippen LogP contribution in [0, 0.1) is 0 Å². The van der Waals surface area contributed by atoms with E-state index in [4.69, 9.17) is 0 Å². The molecule has 0 spiro atoms. The van der Waals surface area contributed by atoms with Crippen LogP contribution in [0.25, 0.3) is 0 Å². The molecule has 0 aromatic carbocycles. The molecule has 0 rings (SSSR count). The topological polar surface area (TPSA) is 46.1 Å². The molecule has 8 heavy (non-hydrogen) atoms. The van der Waals surface area contributed by atoms with E-state index in [0.29, 0.717) is 0 Å². The number of hydrogen-bond acceptors (Lipinski definition) is 2. The zero-order valence-corrected chi connectivity index (χ0v) is 9.55. The minimum Gasteiger partial charge on any atom is -0.890 e. The Morgan fingerprint density at radius 1 is 1.25 bits per heavy atom. The first-order valence-electron chi connectivity index (χ1n) is 1.72. The summed E-state index contributed by atoms with van der Waals surface area (Å²) >= 11 is 0. The first-order valence-corrected chi connectivity index (χ1v) is 1.72. The van der Waals surface area contributed by atoms with Crippen LogP contribution in [0.1, 0.15) is 6.92 Å². The van der Waals surface area contributed by atoms with E-state index in [-0.39, 0.29) is 59.1 Å². The first-order chi connectivity index (χ1) is 2.77. The third kappa shape index (κ3) is 15.6. The Morgan fingerprint density at radius 3 is 1.62 bits per heavy atom. The number of rotatable bonds is 1. The van der Waals surface area contributed by atoms with Crippen molar-refractivity contribution in [3.05, 3.63) is 12.1 Å². The Balaban J connectivity index is -0.000000125. The minimum absolute atomic E-state index is 0. The van der Waals surface area contributed by atoms with Gasteiger partial charge in [0, 0.05) is 0 Å². The van der Waals surface area contributed by atoms with Crippen molar-refractivity contribution < 1.29 is 69.2 Å². The summed E-state index contributed by atoms with van der Waals surface area (Å²) in [5, 5.41) is 19.0. The summed E-state index contributed by atoms with van der Waals surface area (Å²) in [5.74, 6) is 1.06. The van der Waals surface area contributed by atoms with Crippen LogP contribution in [-0.4, -0.2) is 7.12 Å². The van der Waals surface area contributed by atoms with Crippen molar-refractivity contribution >= 4 is 7.12 Å². The molecule has 2 nitrogen and oxygen atoms in total. The first kappa shape index (κ1) is 16.4. The molecule has 0 amide bonds. The van der Waals surface area contributed by atoms with Crippen LogP contribution in [0.3, 0.4) is 0 Å². The molecule has 5 heteroatoms. The summed E-state index contributed by atoms with van der Waals surface area (Å²) in [4.78, 5) is 0. The van der Waals surface area contributed by atoms with Gasteiger partial charge in [0.25, 0.3) is 0 Å².